The normalized spacial score (nSPS) is 13.0. The lowest BCUT2D eigenvalue weighted by Gasteiger charge is -2.31. The van der Waals surface area contributed by atoms with E-state index in [4.69, 9.17) is 0 Å². The van der Waals surface area contributed by atoms with Crippen LogP contribution in [-0.4, -0.2) is 59.6 Å². The maximum Gasteiger partial charge on any atom is 0.313 e. The summed E-state index contributed by atoms with van der Waals surface area (Å²) < 4.78 is 76.2. The lowest BCUT2D eigenvalue weighted by Crippen LogP contribution is -2.61. The molecule has 0 aromatic heterocycles. The summed E-state index contributed by atoms with van der Waals surface area (Å²) >= 11 is 0. The van der Waals surface area contributed by atoms with Gasteiger partial charge in [-0.3, -0.25) is 24.0 Å². The minimum atomic E-state index is -2.31. The molecule has 2 aromatic rings. The van der Waals surface area contributed by atoms with Crippen LogP contribution in [0.25, 0.3) is 0 Å². The van der Waals surface area contributed by atoms with Crippen molar-refractivity contribution in [3.05, 3.63) is 53.6 Å². The number of halogens is 5. The lowest BCUT2D eigenvalue weighted by atomic mass is 9.91. The number of rotatable bonds is 13. The average molecular weight is 603 g/mol. The SMILES string of the molecule is CC(C)[C@H](NC(=O)C(=O)Nc1ccc(OCF)cc1)C(=O)N[C@](C)(CC(=O)O)C(=O)COc1c(F)c(F)cc(F)c1F. The van der Waals surface area contributed by atoms with Gasteiger partial charge in [0.05, 0.1) is 6.42 Å². The van der Waals surface area contributed by atoms with Crippen molar-refractivity contribution in [2.24, 2.45) is 5.92 Å². The van der Waals surface area contributed by atoms with Crippen molar-refractivity contribution in [1.29, 1.82) is 0 Å². The zero-order chi connectivity index (χ0) is 31.8. The molecule has 2 aromatic carbocycles. The van der Waals surface area contributed by atoms with E-state index in [1.165, 1.54) is 38.1 Å². The molecule has 0 saturated heterocycles. The number of carbonyl (C=O) groups excluding carboxylic acids is 4. The Kier molecular flexibility index (Phi) is 11.3. The van der Waals surface area contributed by atoms with E-state index in [0.717, 1.165) is 6.92 Å². The van der Waals surface area contributed by atoms with Gasteiger partial charge in [0, 0.05) is 11.8 Å². The molecule has 0 aliphatic carbocycles. The number of Topliss-reactive ketones (excluding diaryl/α,β-unsaturated/α-hetero) is 1. The molecule has 42 heavy (non-hydrogen) atoms. The fourth-order valence-electron chi connectivity index (χ4n) is 3.47. The van der Waals surface area contributed by atoms with E-state index in [2.05, 4.69) is 25.4 Å². The van der Waals surface area contributed by atoms with Crippen molar-refractivity contribution in [1.82, 2.24) is 10.6 Å². The van der Waals surface area contributed by atoms with Gasteiger partial charge < -0.3 is 30.5 Å². The molecular weight excluding hydrogens is 577 g/mol. The van der Waals surface area contributed by atoms with Gasteiger partial charge in [-0.05, 0) is 37.1 Å². The zero-order valence-corrected chi connectivity index (χ0v) is 22.4. The van der Waals surface area contributed by atoms with Gasteiger partial charge in [0.15, 0.2) is 23.2 Å². The Hall–Kier alpha value is -4.76. The Balaban J connectivity index is 2.17. The summed E-state index contributed by atoms with van der Waals surface area (Å²) in [5.74, 6) is -16.2. The first kappa shape index (κ1) is 33.4. The van der Waals surface area contributed by atoms with Crippen LogP contribution in [0.4, 0.5) is 27.6 Å². The summed E-state index contributed by atoms with van der Waals surface area (Å²) in [6.07, 6.45) is -1.08. The Morgan fingerprint density at radius 1 is 0.929 bits per heavy atom. The number of aliphatic carboxylic acids is 1. The maximum absolute atomic E-state index is 13.9. The molecular formula is C26H26F5N3O8. The van der Waals surface area contributed by atoms with Crippen LogP contribution in [0.2, 0.25) is 0 Å². The molecule has 16 heteroatoms. The second-order valence-corrected chi connectivity index (χ2v) is 9.33. The van der Waals surface area contributed by atoms with Gasteiger partial charge in [-0.15, -0.1) is 0 Å². The van der Waals surface area contributed by atoms with Crippen LogP contribution < -0.4 is 25.4 Å². The minimum Gasteiger partial charge on any atom is -0.481 e. The van der Waals surface area contributed by atoms with Crippen LogP contribution in [0, 0.1) is 29.2 Å². The molecule has 0 aliphatic heterocycles. The lowest BCUT2D eigenvalue weighted by molar-refractivity contribution is -0.144. The van der Waals surface area contributed by atoms with E-state index in [1.54, 1.807) is 0 Å². The third kappa shape index (κ3) is 8.62. The van der Waals surface area contributed by atoms with E-state index >= 15 is 0 Å². The highest BCUT2D eigenvalue weighted by Gasteiger charge is 2.40. The number of benzene rings is 2. The molecule has 4 N–H and O–H groups in total. The van der Waals surface area contributed by atoms with Crippen molar-refractivity contribution in [3.8, 4) is 11.5 Å². The van der Waals surface area contributed by atoms with Crippen LogP contribution in [0.1, 0.15) is 27.2 Å². The molecule has 0 unspecified atom stereocenters. The largest absolute Gasteiger partial charge is 0.481 e. The number of amides is 3. The first-order valence-corrected chi connectivity index (χ1v) is 12.0. The highest BCUT2D eigenvalue weighted by Crippen LogP contribution is 2.27. The van der Waals surface area contributed by atoms with Crippen molar-refractivity contribution < 1.29 is 60.5 Å². The van der Waals surface area contributed by atoms with Gasteiger partial charge in [-0.25, -0.2) is 13.2 Å². The van der Waals surface area contributed by atoms with Gasteiger partial charge in [0.2, 0.25) is 24.4 Å². The fraction of sp³-hybridized carbons (Fsp3) is 0.346. The monoisotopic (exact) mass is 603 g/mol. The van der Waals surface area contributed by atoms with Crippen molar-refractivity contribution in [2.75, 3.05) is 18.8 Å². The molecule has 0 radical (unpaired) electrons. The van der Waals surface area contributed by atoms with Gasteiger partial charge in [0.25, 0.3) is 0 Å². The predicted molar refractivity (Wildman–Crippen MR) is 134 cm³/mol. The van der Waals surface area contributed by atoms with Crippen LogP contribution in [-0.2, 0) is 24.0 Å². The van der Waals surface area contributed by atoms with Gasteiger partial charge in [-0.1, -0.05) is 13.8 Å². The number of ketones is 1. The number of nitrogens with one attached hydrogen (secondary N) is 3. The Bertz CT molecular complexity index is 1330. The summed E-state index contributed by atoms with van der Waals surface area (Å²) in [6.45, 7) is 1.44. The first-order chi connectivity index (χ1) is 19.6. The van der Waals surface area contributed by atoms with Crippen molar-refractivity contribution in [3.63, 3.8) is 0 Å². The quantitative estimate of drug-likeness (QED) is 0.155. The molecule has 0 aliphatic rings. The Morgan fingerprint density at radius 2 is 1.50 bits per heavy atom. The average Bonchev–Trinajstić information content (AvgIpc) is 2.90. The van der Waals surface area contributed by atoms with E-state index < -0.39 is 95.9 Å². The van der Waals surface area contributed by atoms with E-state index in [9.17, 15) is 51.0 Å². The Morgan fingerprint density at radius 3 is 2.00 bits per heavy atom. The molecule has 11 nitrogen and oxygen atoms in total. The second-order valence-electron chi connectivity index (χ2n) is 9.33. The molecule has 228 valence electrons. The fourth-order valence-corrected chi connectivity index (χ4v) is 3.47. The summed E-state index contributed by atoms with van der Waals surface area (Å²) in [6, 6.07) is 3.66. The summed E-state index contributed by atoms with van der Waals surface area (Å²) in [4.78, 5) is 62.3. The number of hydrogen-bond acceptors (Lipinski definition) is 7. The number of carboxylic acid groups (broad SMARTS) is 1. The van der Waals surface area contributed by atoms with Crippen LogP contribution in [0.15, 0.2) is 30.3 Å². The van der Waals surface area contributed by atoms with Crippen molar-refractivity contribution >= 4 is 35.2 Å². The third-order valence-electron chi connectivity index (χ3n) is 5.71. The highest BCUT2D eigenvalue weighted by molar-refractivity contribution is 6.40. The number of hydrogen-bond donors (Lipinski definition) is 4. The molecule has 2 rings (SSSR count). The van der Waals surface area contributed by atoms with Crippen LogP contribution in [0.3, 0.4) is 0 Å². The van der Waals surface area contributed by atoms with E-state index in [0.29, 0.717) is 0 Å². The molecule has 0 spiro atoms. The molecule has 0 bridgehead atoms. The Labute approximate surface area is 235 Å². The third-order valence-corrected chi connectivity index (χ3v) is 5.71. The smallest absolute Gasteiger partial charge is 0.313 e. The maximum atomic E-state index is 13.9. The number of carbonyl (C=O) groups is 5. The van der Waals surface area contributed by atoms with Gasteiger partial charge in [-0.2, -0.15) is 8.78 Å². The molecule has 3 amide bonds. The second kappa shape index (κ2) is 14.2. The summed E-state index contributed by atoms with van der Waals surface area (Å²) in [7, 11) is 0. The number of carboxylic acids is 1. The summed E-state index contributed by atoms with van der Waals surface area (Å²) in [5, 5.41) is 15.8. The van der Waals surface area contributed by atoms with Gasteiger partial charge >= 0.3 is 17.8 Å². The number of alkyl halides is 1. The highest BCUT2D eigenvalue weighted by atomic mass is 19.2. The summed E-state index contributed by atoms with van der Waals surface area (Å²) in [5.41, 5.74) is -2.19. The van der Waals surface area contributed by atoms with Crippen molar-refractivity contribution in [2.45, 2.75) is 38.8 Å². The van der Waals surface area contributed by atoms with Crippen LogP contribution >= 0.6 is 0 Å². The zero-order valence-electron chi connectivity index (χ0n) is 22.4. The number of anilines is 1. The van der Waals surface area contributed by atoms with E-state index in [1.807, 2.05) is 0 Å². The van der Waals surface area contributed by atoms with Gasteiger partial charge in [0.1, 0.15) is 23.9 Å². The van der Waals surface area contributed by atoms with E-state index in [-0.39, 0.29) is 17.5 Å². The minimum absolute atomic E-state index is 0.0889. The molecule has 2 atom stereocenters. The first-order valence-electron chi connectivity index (χ1n) is 12.0. The number of ether oxygens (including phenoxy) is 2. The molecule has 0 saturated carbocycles. The standard InChI is InChI=1S/C26H26F5N3O8/c1-12(2)21(33-25(40)24(39)32-13-4-6-14(7-5-13)42-11-27)23(38)34-26(3,9-18(36)37)17(35)10-41-22-19(30)15(28)8-16(29)20(22)31/h4-8,12,21H,9-11H2,1-3H3,(H,32,39)(H,33,40)(H,34,38)(H,36,37)/t21-,26+/m0/s1. The molecule has 0 heterocycles. The topological polar surface area (TPSA) is 160 Å². The van der Waals surface area contributed by atoms with Crippen LogP contribution in [0.5, 0.6) is 11.5 Å². The predicted octanol–water partition coefficient (Wildman–Crippen LogP) is 2.63. The molecule has 0 fully saturated rings.